The molecule has 1 aromatic carbocycles. The van der Waals surface area contributed by atoms with Gasteiger partial charge in [0.05, 0.1) is 12.2 Å². The van der Waals surface area contributed by atoms with E-state index in [4.69, 9.17) is 0 Å². The first-order valence-electron chi connectivity index (χ1n) is 12.2. The smallest absolute Gasteiger partial charge is 0.116 e. The lowest BCUT2D eigenvalue weighted by Gasteiger charge is -2.44. The molecule has 3 nitrogen and oxygen atoms in total. The molecule has 3 aliphatic rings. The van der Waals surface area contributed by atoms with E-state index in [1.807, 2.05) is 18.2 Å². The molecule has 0 amide bonds. The second-order valence-electron chi connectivity index (χ2n) is 10.5. The van der Waals surface area contributed by atoms with Crippen LogP contribution < -0.4 is 0 Å². The van der Waals surface area contributed by atoms with Crippen LogP contribution in [0.15, 0.2) is 65.8 Å². The van der Waals surface area contributed by atoms with Gasteiger partial charge in [-0.2, -0.15) is 0 Å². The van der Waals surface area contributed by atoms with Crippen LogP contribution in [0.25, 0.3) is 6.08 Å². The molecule has 0 aliphatic heterocycles. The van der Waals surface area contributed by atoms with Gasteiger partial charge in [0.25, 0.3) is 0 Å². The van der Waals surface area contributed by atoms with Gasteiger partial charge >= 0.3 is 0 Å². The summed E-state index contributed by atoms with van der Waals surface area (Å²) in [6.07, 6.45) is 14.8. The molecule has 0 aromatic heterocycles. The van der Waals surface area contributed by atoms with E-state index >= 15 is 0 Å². The SMILES string of the molecule is C=C1/C(=C\C=C2/CCC[C@]3(C)[C@@H]([C@@H](C)/C=C/c4cccc(O)c4)CC[C@@H]23)C[C@@H](O)C[C@@H]1O. The number of hydrogen-bond donors (Lipinski definition) is 3. The third-order valence-corrected chi connectivity index (χ3v) is 8.40. The molecular weight excluding hydrogens is 396 g/mol. The van der Waals surface area contributed by atoms with E-state index in [-0.39, 0.29) is 0 Å². The Morgan fingerprint density at radius 1 is 1.19 bits per heavy atom. The lowest BCUT2D eigenvalue weighted by atomic mass is 9.61. The molecule has 3 aliphatic carbocycles. The highest BCUT2D eigenvalue weighted by atomic mass is 16.3. The highest BCUT2D eigenvalue weighted by molar-refractivity contribution is 5.51. The molecule has 172 valence electrons. The number of hydrogen-bond acceptors (Lipinski definition) is 3. The Labute approximate surface area is 192 Å². The summed E-state index contributed by atoms with van der Waals surface area (Å²) in [4.78, 5) is 0. The Hall–Kier alpha value is -2.10. The van der Waals surface area contributed by atoms with E-state index in [1.165, 1.54) is 31.3 Å². The van der Waals surface area contributed by atoms with E-state index in [2.05, 4.69) is 44.7 Å². The van der Waals surface area contributed by atoms with Crippen LogP contribution >= 0.6 is 0 Å². The summed E-state index contributed by atoms with van der Waals surface area (Å²) in [5, 5.41) is 29.9. The highest BCUT2D eigenvalue weighted by Gasteiger charge is 2.50. The van der Waals surface area contributed by atoms with E-state index in [0.717, 1.165) is 23.1 Å². The number of phenols is 1. The van der Waals surface area contributed by atoms with Crippen molar-refractivity contribution < 1.29 is 15.3 Å². The maximum absolute atomic E-state index is 10.1. The number of allylic oxidation sites excluding steroid dienone is 4. The van der Waals surface area contributed by atoms with Crippen molar-refractivity contribution in [2.75, 3.05) is 0 Å². The van der Waals surface area contributed by atoms with Crippen molar-refractivity contribution in [1.82, 2.24) is 0 Å². The fraction of sp³-hybridized carbons (Fsp3) is 0.517. The number of aliphatic hydroxyl groups is 2. The predicted octanol–water partition coefficient (Wildman–Crippen LogP) is 6.18. The molecule has 0 spiro atoms. The maximum Gasteiger partial charge on any atom is 0.116 e. The molecule has 0 heterocycles. The molecule has 6 atom stereocenters. The number of rotatable bonds is 4. The molecule has 0 bridgehead atoms. The first-order chi connectivity index (χ1) is 15.3. The molecule has 1 aromatic rings. The molecule has 3 fully saturated rings. The van der Waals surface area contributed by atoms with E-state index in [0.29, 0.717) is 41.8 Å². The number of aliphatic hydroxyl groups excluding tert-OH is 2. The minimum Gasteiger partial charge on any atom is -0.508 e. The summed E-state index contributed by atoms with van der Waals surface area (Å²) in [5.41, 5.74) is 4.63. The lowest BCUT2D eigenvalue weighted by Crippen LogP contribution is -2.35. The first-order valence-corrected chi connectivity index (χ1v) is 12.2. The molecule has 0 unspecified atom stereocenters. The van der Waals surface area contributed by atoms with Gasteiger partial charge in [-0.25, -0.2) is 0 Å². The normalized spacial score (nSPS) is 36.7. The van der Waals surface area contributed by atoms with E-state index in [9.17, 15) is 15.3 Å². The van der Waals surface area contributed by atoms with Crippen molar-refractivity contribution in [3.05, 3.63) is 71.4 Å². The zero-order chi connectivity index (χ0) is 22.9. The van der Waals surface area contributed by atoms with Crippen molar-refractivity contribution in [2.24, 2.45) is 23.2 Å². The first kappa shape index (κ1) is 23.1. The van der Waals surface area contributed by atoms with Crippen molar-refractivity contribution >= 4 is 6.08 Å². The Morgan fingerprint density at radius 2 is 2.00 bits per heavy atom. The highest BCUT2D eigenvalue weighted by Crippen LogP contribution is 2.59. The van der Waals surface area contributed by atoms with Gasteiger partial charge in [0, 0.05) is 6.42 Å². The average Bonchev–Trinajstić information content (AvgIpc) is 3.11. The fourth-order valence-electron chi connectivity index (χ4n) is 6.63. The number of phenolic OH excluding ortho intramolecular Hbond substituents is 1. The molecule has 0 saturated heterocycles. The van der Waals surface area contributed by atoms with E-state index in [1.54, 1.807) is 6.07 Å². The van der Waals surface area contributed by atoms with Gasteiger partial charge in [-0.15, -0.1) is 0 Å². The van der Waals surface area contributed by atoms with Crippen molar-refractivity contribution in [2.45, 2.75) is 71.0 Å². The number of fused-ring (bicyclic) bond motifs is 1. The monoisotopic (exact) mass is 434 g/mol. The zero-order valence-electron chi connectivity index (χ0n) is 19.5. The van der Waals surface area contributed by atoms with Gasteiger partial charge in [0.1, 0.15) is 5.75 Å². The van der Waals surface area contributed by atoms with Crippen LogP contribution in [-0.2, 0) is 0 Å². The summed E-state index contributed by atoms with van der Waals surface area (Å²) in [7, 11) is 0. The average molecular weight is 435 g/mol. The third kappa shape index (κ3) is 4.65. The maximum atomic E-state index is 10.1. The minimum atomic E-state index is -0.630. The Kier molecular flexibility index (Phi) is 6.78. The van der Waals surface area contributed by atoms with Crippen LogP contribution in [0.1, 0.15) is 64.4 Å². The van der Waals surface area contributed by atoms with Crippen LogP contribution in [-0.4, -0.2) is 27.5 Å². The van der Waals surface area contributed by atoms with Gasteiger partial charge in [0.15, 0.2) is 0 Å². The van der Waals surface area contributed by atoms with Gasteiger partial charge in [-0.1, -0.05) is 62.4 Å². The summed E-state index contributed by atoms with van der Waals surface area (Å²) in [5.74, 6) is 2.03. The molecule has 3 heteroatoms. The Morgan fingerprint density at radius 3 is 2.78 bits per heavy atom. The third-order valence-electron chi connectivity index (χ3n) is 8.40. The Bertz CT molecular complexity index is 939. The van der Waals surface area contributed by atoms with Gasteiger partial charge < -0.3 is 15.3 Å². The quantitative estimate of drug-likeness (QED) is 0.530. The van der Waals surface area contributed by atoms with Crippen molar-refractivity contribution in [3.8, 4) is 5.75 Å². The van der Waals surface area contributed by atoms with Crippen molar-refractivity contribution in [3.63, 3.8) is 0 Å². The predicted molar refractivity (Wildman–Crippen MR) is 131 cm³/mol. The summed E-state index contributed by atoms with van der Waals surface area (Å²) in [6.45, 7) is 8.89. The van der Waals surface area contributed by atoms with Gasteiger partial charge in [-0.05, 0) is 90.5 Å². The van der Waals surface area contributed by atoms with Crippen LogP contribution in [0, 0.1) is 23.2 Å². The molecular formula is C29H38O3. The lowest BCUT2D eigenvalue weighted by molar-refractivity contribution is 0.0862. The Balaban J connectivity index is 1.51. The summed E-state index contributed by atoms with van der Waals surface area (Å²) >= 11 is 0. The molecule has 32 heavy (non-hydrogen) atoms. The number of aromatic hydroxyl groups is 1. The van der Waals surface area contributed by atoms with Gasteiger partial charge in [0.2, 0.25) is 0 Å². The summed E-state index contributed by atoms with van der Waals surface area (Å²) in [6, 6.07) is 7.44. The van der Waals surface area contributed by atoms with Crippen molar-refractivity contribution in [1.29, 1.82) is 0 Å². The minimum absolute atomic E-state index is 0.299. The molecule has 3 N–H and O–H groups in total. The van der Waals surface area contributed by atoms with Crippen LogP contribution in [0.3, 0.4) is 0 Å². The molecule has 0 radical (unpaired) electrons. The molecule has 3 saturated carbocycles. The standard InChI is InChI=1S/C29H38O3/c1-19(9-10-21-6-4-8-24(30)16-21)26-13-14-27-22(7-5-15-29(26,27)3)11-12-23-17-25(31)18-28(32)20(23)2/h4,6,8-12,16,19,25-28,30-32H,2,5,7,13-15,17-18H2,1,3H3/b10-9+,22-11+,23-12-/t19-,25+,26+,27-,28-,29+/m0/s1. The largest absolute Gasteiger partial charge is 0.508 e. The molecule has 4 rings (SSSR count). The van der Waals surface area contributed by atoms with Crippen LogP contribution in [0.5, 0.6) is 5.75 Å². The van der Waals surface area contributed by atoms with Crippen LogP contribution in [0.4, 0.5) is 0 Å². The summed E-state index contributed by atoms with van der Waals surface area (Å²) < 4.78 is 0. The zero-order valence-corrected chi connectivity index (χ0v) is 19.5. The van der Waals surface area contributed by atoms with Crippen LogP contribution in [0.2, 0.25) is 0 Å². The second-order valence-corrected chi connectivity index (χ2v) is 10.5. The topological polar surface area (TPSA) is 60.7 Å². The van der Waals surface area contributed by atoms with E-state index < -0.39 is 12.2 Å². The fourth-order valence-corrected chi connectivity index (χ4v) is 6.63. The second kappa shape index (κ2) is 9.41. The van der Waals surface area contributed by atoms with Gasteiger partial charge in [-0.3, -0.25) is 0 Å². The number of benzene rings is 1.